The molecule has 6 nitrogen and oxygen atoms in total. The zero-order valence-corrected chi connectivity index (χ0v) is 14.9. The summed E-state index contributed by atoms with van der Waals surface area (Å²) in [6, 6.07) is 8.79. The predicted molar refractivity (Wildman–Crippen MR) is 91.1 cm³/mol. The summed E-state index contributed by atoms with van der Waals surface area (Å²) in [6.45, 7) is 1.67. The Hall–Kier alpha value is -2.65. The zero-order chi connectivity index (χ0) is 18.9. The number of aromatic nitrogens is 3. The molecule has 0 N–H and O–H groups in total. The highest BCUT2D eigenvalue weighted by molar-refractivity contribution is 7.89. The van der Waals surface area contributed by atoms with Crippen LogP contribution >= 0.6 is 0 Å². The van der Waals surface area contributed by atoms with Crippen LogP contribution in [0.1, 0.15) is 18.5 Å². The molecular weight excluding hydrogens is 362 g/mol. The summed E-state index contributed by atoms with van der Waals surface area (Å²) in [5.41, 5.74) is 1.46. The molecule has 0 fully saturated rings. The van der Waals surface area contributed by atoms with Crippen LogP contribution in [0, 0.1) is 11.6 Å². The van der Waals surface area contributed by atoms with E-state index in [4.69, 9.17) is 0 Å². The van der Waals surface area contributed by atoms with Crippen LogP contribution in [-0.2, 0) is 10.0 Å². The van der Waals surface area contributed by atoms with Gasteiger partial charge in [0, 0.05) is 13.1 Å². The minimum Gasteiger partial charge on any atom is -0.223 e. The van der Waals surface area contributed by atoms with Crippen molar-refractivity contribution in [3.63, 3.8) is 0 Å². The molecule has 1 aromatic heterocycles. The third kappa shape index (κ3) is 3.35. The van der Waals surface area contributed by atoms with E-state index < -0.39 is 32.6 Å². The van der Waals surface area contributed by atoms with Crippen LogP contribution in [0.15, 0.2) is 60.0 Å². The van der Waals surface area contributed by atoms with E-state index in [1.807, 2.05) is 0 Å². The fraction of sp³-hybridized carbons (Fsp3) is 0.176. The van der Waals surface area contributed by atoms with Gasteiger partial charge in [-0.1, -0.05) is 12.1 Å². The third-order valence-electron chi connectivity index (χ3n) is 4.15. The maximum absolute atomic E-state index is 13.9. The number of rotatable bonds is 5. The van der Waals surface area contributed by atoms with Gasteiger partial charge in [0.15, 0.2) is 0 Å². The minimum absolute atomic E-state index is 0.590. The highest BCUT2D eigenvalue weighted by Crippen LogP contribution is 2.28. The van der Waals surface area contributed by atoms with Crippen molar-refractivity contribution in [1.82, 2.24) is 19.1 Å². The maximum atomic E-state index is 13.9. The van der Waals surface area contributed by atoms with Crippen molar-refractivity contribution in [3.8, 4) is 5.69 Å². The Kier molecular flexibility index (Phi) is 4.84. The molecule has 0 amide bonds. The second kappa shape index (κ2) is 6.93. The van der Waals surface area contributed by atoms with Gasteiger partial charge in [-0.2, -0.15) is 9.40 Å². The molecule has 1 unspecified atom stereocenters. The number of halogens is 2. The predicted octanol–water partition coefficient (Wildman–Crippen LogP) is 2.93. The van der Waals surface area contributed by atoms with E-state index in [0.717, 1.165) is 22.1 Å². The van der Waals surface area contributed by atoms with Gasteiger partial charge in [0.1, 0.15) is 29.2 Å². The highest BCUT2D eigenvalue weighted by atomic mass is 32.2. The van der Waals surface area contributed by atoms with Crippen molar-refractivity contribution in [2.75, 3.05) is 7.05 Å². The van der Waals surface area contributed by atoms with E-state index in [0.29, 0.717) is 11.6 Å². The topological polar surface area (TPSA) is 68.1 Å². The van der Waals surface area contributed by atoms with Gasteiger partial charge in [-0.05, 0) is 42.8 Å². The number of sulfonamides is 1. The molecule has 0 spiro atoms. The Labute approximate surface area is 149 Å². The molecule has 2 aromatic carbocycles. The summed E-state index contributed by atoms with van der Waals surface area (Å²) in [5, 5.41) is 4.02. The molecule has 26 heavy (non-hydrogen) atoms. The standard InChI is InChI=1S/C17H16F2N4O2S/c1-12(13-3-6-15(7-4-13)23-11-20-10-21-23)22(2)26(24,25)17-9-14(18)5-8-16(17)19/h3-12H,1-2H3. The SMILES string of the molecule is CC(c1ccc(-n2cncn2)cc1)N(C)S(=O)(=O)c1cc(F)ccc1F. The number of hydrogen-bond acceptors (Lipinski definition) is 4. The number of nitrogens with zero attached hydrogens (tertiary/aromatic N) is 4. The maximum Gasteiger partial charge on any atom is 0.246 e. The van der Waals surface area contributed by atoms with Crippen LogP contribution in [0.4, 0.5) is 8.78 Å². The van der Waals surface area contributed by atoms with E-state index in [1.54, 1.807) is 42.2 Å². The van der Waals surface area contributed by atoms with E-state index in [1.165, 1.54) is 13.4 Å². The summed E-state index contributed by atoms with van der Waals surface area (Å²) in [5.74, 6) is -1.81. The van der Waals surface area contributed by atoms with Crippen LogP contribution in [0.5, 0.6) is 0 Å². The molecule has 0 bridgehead atoms. The quantitative estimate of drug-likeness (QED) is 0.685. The fourth-order valence-electron chi connectivity index (χ4n) is 2.50. The van der Waals surface area contributed by atoms with Gasteiger partial charge in [-0.25, -0.2) is 26.9 Å². The van der Waals surface area contributed by atoms with Gasteiger partial charge in [0.25, 0.3) is 0 Å². The van der Waals surface area contributed by atoms with Crippen molar-refractivity contribution >= 4 is 10.0 Å². The van der Waals surface area contributed by atoms with Crippen molar-refractivity contribution < 1.29 is 17.2 Å². The van der Waals surface area contributed by atoms with Gasteiger partial charge in [0.2, 0.25) is 10.0 Å². The second-order valence-electron chi connectivity index (χ2n) is 5.70. The molecule has 0 saturated carbocycles. The minimum atomic E-state index is -4.20. The molecule has 0 aliphatic rings. The smallest absolute Gasteiger partial charge is 0.223 e. The van der Waals surface area contributed by atoms with Crippen molar-refractivity contribution in [2.45, 2.75) is 17.9 Å². The van der Waals surface area contributed by atoms with Gasteiger partial charge in [-0.15, -0.1) is 0 Å². The lowest BCUT2D eigenvalue weighted by Gasteiger charge is -2.25. The summed E-state index contributed by atoms with van der Waals surface area (Å²) in [7, 11) is -2.87. The lowest BCUT2D eigenvalue weighted by atomic mass is 10.1. The Bertz CT molecular complexity index is 1010. The van der Waals surface area contributed by atoms with Gasteiger partial charge >= 0.3 is 0 Å². The third-order valence-corrected chi connectivity index (χ3v) is 6.10. The van der Waals surface area contributed by atoms with Crippen LogP contribution in [0.2, 0.25) is 0 Å². The molecule has 1 atom stereocenters. The molecule has 9 heteroatoms. The first-order chi connectivity index (χ1) is 12.3. The summed E-state index contributed by atoms with van der Waals surface area (Å²) < 4.78 is 55.2. The molecule has 3 rings (SSSR count). The van der Waals surface area contributed by atoms with Crippen LogP contribution in [-0.4, -0.2) is 34.5 Å². The summed E-state index contributed by atoms with van der Waals surface area (Å²) >= 11 is 0. The number of benzene rings is 2. The molecule has 0 aliphatic heterocycles. The Morgan fingerprint density at radius 2 is 1.81 bits per heavy atom. The average molecular weight is 378 g/mol. The molecule has 1 heterocycles. The zero-order valence-electron chi connectivity index (χ0n) is 14.0. The van der Waals surface area contributed by atoms with Crippen LogP contribution in [0.3, 0.4) is 0 Å². The Morgan fingerprint density at radius 3 is 2.42 bits per heavy atom. The van der Waals surface area contributed by atoms with E-state index >= 15 is 0 Å². The first-order valence-electron chi connectivity index (χ1n) is 7.69. The van der Waals surface area contributed by atoms with Crippen LogP contribution < -0.4 is 0 Å². The first-order valence-corrected chi connectivity index (χ1v) is 9.13. The van der Waals surface area contributed by atoms with Crippen molar-refractivity contribution in [2.24, 2.45) is 0 Å². The Balaban J connectivity index is 1.89. The molecule has 3 aromatic rings. The summed E-state index contributed by atoms with van der Waals surface area (Å²) in [6.07, 6.45) is 2.95. The Morgan fingerprint density at radius 1 is 1.12 bits per heavy atom. The highest BCUT2D eigenvalue weighted by Gasteiger charge is 2.29. The molecule has 0 radical (unpaired) electrons. The van der Waals surface area contributed by atoms with Gasteiger partial charge < -0.3 is 0 Å². The van der Waals surface area contributed by atoms with E-state index in [9.17, 15) is 17.2 Å². The largest absolute Gasteiger partial charge is 0.246 e. The van der Waals surface area contributed by atoms with Gasteiger partial charge in [0.05, 0.1) is 5.69 Å². The second-order valence-corrected chi connectivity index (χ2v) is 7.67. The van der Waals surface area contributed by atoms with Crippen molar-refractivity contribution in [1.29, 1.82) is 0 Å². The molecule has 0 aliphatic carbocycles. The van der Waals surface area contributed by atoms with Crippen molar-refractivity contribution in [3.05, 3.63) is 72.3 Å². The molecule has 0 saturated heterocycles. The van der Waals surface area contributed by atoms with E-state index in [2.05, 4.69) is 10.1 Å². The lowest BCUT2D eigenvalue weighted by molar-refractivity contribution is 0.394. The molecular formula is C17H16F2N4O2S. The van der Waals surface area contributed by atoms with E-state index in [-0.39, 0.29) is 0 Å². The lowest BCUT2D eigenvalue weighted by Crippen LogP contribution is -2.30. The number of hydrogen-bond donors (Lipinski definition) is 0. The monoisotopic (exact) mass is 378 g/mol. The average Bonchev–Trinajstić information content (AvgIpc) is 3.17. The molecule has 136 valence electrons. The fourth-order valence-corrected chi connectivity index (χ4v) is 3.92. The summed E-state index contributed by atoms with van der Waals surface area (Å²) in [4.78, 5) is 3.17. The van der Waals surface area contributed by atoms with Gasteiger partial charge in [-0.3, -0.25) is 0 Å². The normalized spacial score (nSPS) is 13.1. The van der Waals surface area contributed by atoms with Crippen LogP contribution in [0.25, 0.3) is 5.69 Å². The first kappa shape index (κ1) is 18.2.